The summed E-state index contributed by atoms with van der Waals surface area (Å²) >= 11 is 1.73. The van der Waals surface area contributed by atoms with E-state index < -0.39 is 12.0 Å². The van der Waals surface area contributed by atoms with Gasteiger partial charge in [0.1, 0.15) is 5.82 Å². The first-order chi connectivity index (χ1) is 10.0. The molecule has 3 rings (SSSR count). The fraction of sp³-hybridized carbons (Fsp3) is 0.583. The van der Waals surface area contributed by atoms with E-state index in [0.717, 1.165) is 29.7 Å². The van der Waals surface area contributed by atoms with Gasteiger partial charge in [-0.05, 0) is 31.2 Å². The van der Waals surface area contributed by atoms with Gasteiger partial charge in [-0.3, -0.25) is 0 Å². The highest BCUT2D eigenvalue weighted by atomic mass is 32.2. The Morgan fingerprint density at radius 1 is 1.33 bits per heavy atom. The summed E-state index contributed by atoms with van der Waals surface area (Å²) in [7, 11) is 0. The molecule has 9 heteroatoms. The lowest BCUT2D eigenvalue weighted by molar-refractivity contribution is -0.146. The summed E-state index contributed by atoms with van der Waals surface area (Å²) in [4.78, 5) is 2.07. The summed E-state index contributed by atoms with van der Waals surface area (Å²) in [5, 5.41) is 10.8. The minimum Gasteiger partial charge on any atom is -0.351 e. The van der Waals surface area contributed by atoms with Crippen LogP contribution >= 0.6 is 11.8 Å². The molecule has 1 atom stereocenters. The van der Waals surface area contributed by atoms with Crippen LogP contribution in [0.1, 0.15) is 18.7 Å². The molecule has 0 spiro atoms. The molecule has 2 aromatic rings. The Kier molecular flexibility index (Phi) is 3.68. The molecule has 0 aliphatic carbocycles. The Morgan fingerprint density at radius 2 is 2.14 bits per heavy atom. The molecule has 2 aromatic heterocycles. The van der Waals surface area contributed by atoms with Gasteiger partial charge in [-0.25, -0.2) is 0 Å². The van der Waals surface area contributed by atoms with E-state index in [0.29, 0.717) is 11.9 Å². The lowest BCUT2D eigenvalue weighted by atomic mass is 10.2. The minimum atomic E-state index is -4.56. The molecule has 114 valence electrons. The fourth-order valence-electron chi connectivity index (χ4n) is 2.61. The topological polar surface area (TPSA) is 46.3 Å². The minimum absolute atomic E-state index is 0.103. The van der Waals surface area contributed by atoms with Crippen LogP contribution in [0.3, 0.4) is 0 Å². The molecule has 0 bridgehead atoms. The second kappa shape index (κ2) is 5.36. The number of aromatic nitrogens is 4. The van der Waals surface area contributed by atoms with Gasteiger partial charge in [-0.15, -0.1) is 15.3 Å². The Hall–Kier alpha value is -1.51. The number of fused-ring (bicyclic) bond motifs is 1. The summed E-state index contributed by atoms with van der Waals surface area (Å²) in [6, 6.07) is 3.55. The predicted molar refractivity (Wildman–Crippen MR) is 74.5 cm³/mol. The second-order valence-corrected chi connectivity index (χ2v) is 5.84. The molecule has 1 fully saturated rings. The summed E-state index contributed by atoms with van der Waals surface area (Å²) in [5.74, 6) is 0.401. The van der Waals surface area contributed by atoms with E-state index in [4.69, 9.17) is 0 Å². The molecule has 1 aliphatic rings. The van der Waals surface area contributed by atoms with Crippen molar-refractivity contribution in [1.82, 2.24) is 19.8 Å². The maximum atomic E-state index is 12.9. The molecule has 3 heterocycles. The highest BCUT2D eigenvalue weighted by Crippen LogP contribution is 2.29. The van der Waals surface area contributed by atoms with Crippen LogP contribution in [0, 0.1) is 0 Å². The number of anilines is 1. The van der Waals surface area contributed by atoms with Gasteiger partial charge in [0.25, 0.3) is 5.82 Å². The van der Waals surface area contributed by atoms with Gasteiger partial charge in [-0.2, -0.15) is 29.4 Å². The third-order valence-electron chi connectivity index (χ3n) is 3.53. The number of hydrogen-bond donors (Lipinski definition) is 0. The van der Waals surface area contributed by atoms with Gasteiger partial charge in [-0.1, -0.05) is 0 Å². The smallest absolute Gasteiger partial charge is 0.351 e. The first-order valence-electron chi connectivity index (χ1n) is 6.56. The van der Waals surface area contributed by atoms with E-state index in [2.05, 4.69) is 20.2 Å². The number of thioether (sulfide) groups is 1. The third kappa shape index (κ3) is 2.66. The molecule has 0 N–H and O–H groups in total. The summed E-state index contributed by atoms with van der Waals surface area (Å²) in [5.41, 5.74) is 0.103. The van der Waals surface area contributed by atoms with Crippen LogP contribution in [0.25, 0.3) is 5.65 Å². The number of hydrogen-bond acceptors (Lipinski definition) is 5. The first-order valence-corrected chi connectivity index (χ1v) is 7.95. The van der Waals surface area contributed by atoms with E-state index in [1.54, 1.807) is 17.8 Å². The normalized spacial score (nSPS) is 19.6. The maximum absolute atomic E-state index is 12.9. The van der Waals surface area contributed by atoms with E-state index in [1.165, 1.54) is 6.07 Å². The summed E-state index contributed by atoms with van der Waals surface area (Å²) in [6.07, 6.45) is -0.475. The maximum Gasteiger partial charge on any atom is 0.453 e. The van der Waals surface area contributed by atoms with E-state index >= 15 is 0 Å². The van der Waals surface area contributed by atoms with Crippen molar-refractivity contribution < 1.29 is 13.2 Å². The highest BCUT2D eigenvalue weighted by Gasteiger charge is 2.38. The number of alkyl halides is 3. The zero-order valence-corrected chi connectivity index (χ0v) is 12.2. The molecule has 0 saturated carbocycles. The van der Waals surface area contributed by atoms with Gasteiger partial charge in [0, 0.05) is 18.3 Å². The molecule has 1 saturated heterocycles. The van der Waals surface area contributed by atoms with Gasteiger partial charge in [0.15, 0.2) is 5.65 Å². The Morgan fingerprint density at radius 3 is 2.86 bits per heavy atom. The van der Waals surface area contributed by atoms with E-state index in [9.17, 15) is 13.2 Å². The molecule has 0 radical (unpaired) electrons. The average Bonchev–Trinajstić information content (AvgIpc) is 3.03. The zero-order chi connectivity index (χ0) is 15.0. The molecule has 0 aromatic carbocycles. The van der Waals surface area contributed by atoms with E-state index in [-0.39, 0.29) is 5.65 Å². The van der Waals surface area contributed by atoms with Crippen LogP contribution in [0.15, 0.2) is 12.1 Å². The largest absolute Gasteiger partial charge is 0.453 e. The van der Waals surface area contributed by atoms with Crippen molar-refractivity contribution in [3.8, 4) is 0 Å². The van der Waals surface area contributed by atoms with Crippen LogP contribution < -0.4 is 4.90 Å². The van der Waals surface area contributed by atoms with Crippen LogP contribution in [0.2, 0.25) is 0 Å². The first kappa shape index (κ1) is 14.4. The monoisotopic (exact) mass is 317 g/mol. The number of halogens is 3. The van der Waals surface area contributed by atoms with Crippen LogP contribution in [-0.4, -0.2) is 44.4 Å². The quantitative estimate of drug-likeness (QED) is 0.870. The molecule has 0 amide bonds. The molecule has 1 unspecified atom stereocenters. The Balaban J connectivity index is 2.00. The van der Waals surface area contributed by atoms with Crippen LogP contribution in [0.4, 0.5) is 19.0 Å². The van der Waals surface area contributed by atoms with Crippen molar-refractivity contribution in [1.29, 1.82) is 0 Å². The van der Waals surface area contributed by atoms with Gasteiger partial charge in [0.05, 0.1) is 0 Å². The predicted octanol–water partition coefficient (Wildman–Crippen LogP) is 2.47. The van der Waals surface area contributed by atoms with Gasteiger partial charge >= 0.3 is 6.18 Å². The summed E-state index contributed by atoms with van der Waals surface area (Å²) in [6.45, 7) is 0.813. The molecule has 1 aliphatic heterocycles. The number of rotatable bonds is 3. The molecule has 21 heavy (non-hydrogen) atoms. The molecule has 5 nitrogen and oxygen atoms in total. The van der Waals surface area contributed by atoms with Crippen molar-refractivity contribution in [3.63, 3.8) is 0 Å². The lowest BCUT2D eigenvalue weighted by Gasteiger charge is -2.25. The van der Waals surface area contributed by atoms with Crippen LogP contribution in [-0.2, 0) is 6.18 Å². The van der Waals surface area contributed by atoms with Crippen molar-refractivity contribution in [2.24, 2.45) is 0 Å². The zero-order valence-electron chi connectivity index (χ0n) is 11.3. The summed E-state index contributed by atoms with van der Waals surface area (Å²) < 4.78 is 39.4. The van der Waals surface area contributed by atoms with Gasteiger partial charge in [0.2, 0.25) is 0 Å². The average molecular weight is 317 g/mol. The Bertz CT molecular complexity index is 641. The van der Waals surface area contributed by atoms with Crippen molar-refractivity contribution in [2.75, 3.05) is 23.5 Å². The standard InChI is InChI=1S/C12H14F3N5S/c1-21-7-8-3-2-6-19(8)10-5-4-9-16-17-11(12(13,14)15)20(9)18-10/h4-5,8H,2-3,6-7H2,1H3. The van der Waals surface area contributed by atoms with Crippen molar-refractivity contribution in [2.45, 2.75) is 25.1 Å². The van der Waals surface area contributed by atoms with Crippen molar-refractivity contribution in [3.05, 3.63) is 18.0 Å². The van der Waals surface area contributed by atoms with Gasteiger partial charge < -0.3 is 4.90 Å². The molecular formula is C12H14F3N5S. The molecular weight excluding hydrogens is 303 g/mol. The lowest BCUT2D eigenvalue weighted by Crippen LogP contribution is -2.32. The highest BCUT2D eigenvalue weighted by molar-refractivity contribution is 7.98. The third-order valence-corrected chi connectivity index (χ3v) is 4.25. The second-order valence-electron chi connectivity index (χ2n) is 4.93. The fourth-order valence-corrected chi connectivity index (χ4v) is 3.34. The Labute approximate surface area is 123 Å². The van der Waals surface area contributed by atoms with Crippen molar-refractivity contribution >= 4 is 23.2 Å². The SMILES string of the molecule is CSCC1CCCN1c1ccc2nnc(C(F)(F)F)n2n1. The number of nitrogens with zero attached hydrogens (tertiary/aromatic N) is 5. The van der Waals surface area contributed by atoms with E-state index in [1.807, 2.05) is 6.26 Å². The van der Waals surface area contributed by atoms with Crippen LogP contribution in [0.5, 0.6) is 0 Å².